The third-order valence-electron chi connectivity index (χ3n) is 5.38. The maximum atomic E-state index is 12.9. The molecule has 0 radical (unpaired) electrons. The highest BCUT2D eigenvalue weighted by Gasteiger charge is 2.16. The van der Waals surface area contributed by atoms with Crippen LogP contribution >= 0.6 is 0 Å². The topological polar surface area (TPSA) is 111 Å². The monoisotopic (exact) mass is 461 g/mol. The van der Waals surface area contributed by atoms with Crippen molar-refractivity contribution < 1.29 is 9.53 Å². The van der Waals surface area contributed by atoms with Gasteiger partial charge in [-0.25, -0.2) is 4.79 Å². The van der Waals surface area contributed by atoms with Crippen LogP contribution in [0.1, 0.15) is 26.7 Å². The largest absolute Gasteiger partial charge is 0.484 e. The summed E-state index contributed by atoms with van der Waals surface area (Å²) in [6, 6.07) is 12.5. The van der Waals surface area contributed by atoms with Gasteiger partial charge in [-0.05, 0) is 60.9 Å². The summed E-state index contributed by atoms with van der Waals surface area (Å²) in [5.41, 5.74) is 2.60. The predicted octanol–water partition coefficient (Wildman–Crippen LogP) is 3.39. The van der Waals surface area contributed by atoms with Gasteiger partial charge < -0.3 is 15.0 Å². The van der Waals surface area contributed by atoms with E-state index >= 15 is 0 Å². The Morgan fingerprint density at radius 1 is 1.06 bits per heavy atom. The van der Waals surface area contributed by atoms with Crippen LogP contribution in [0.4, 0.5) is 5.69 Å². The van der Waals surface area contributed by atoms with E-state index in [1.807, 2.05) is 32.0 Å². The van der Waals surface area contributed by atoms with Crippen LogP contribution in [0.3, 0.4) is 0 Å². The minimum absolute atomic E-state index is 0.138. The number of benzene rings is 1. The Hall–Kier alpha value is -4.14. The Bertz CT molecular complexity index is 1400. The predicted molar refractivity (Wildman–Crippen MR) is 131 cm³/mol. The van der Waals surface area contributed by atoms with Crippen LogP contribution in [0.2, 0.25) is 0 Å². The number of ether oxygens (including phenoxy) is 1. The number of fused-ring (bicyclic) bond motifs is 1. The van der Waals surface area contributed by atoms with Crippen molar-refractivity contribution in [3.8, 4) is 17.0 Å². The number of aryl methyl sites for hydroxylation is 1. The van der Waals surface area contributed by atoms with Gasteiger partial charge in [-0.3, -0.25) is 23.7 Å². The van der Waals surface area contributed by atoms with E-state index in [9.17, 15) is 14.4 Å². The fourth-order valence-corrected chi connectivity index (χ4v) is 3.82. The molecule has 0 saturated heterocycles. The average molecular weight is 462 g/mol. The first-order valence-corrected chi connectivity index (χ1v) is 11.3. The van der Waals surface area contributed by atoms with Gasteiger partial charge in [0.25, 0.3) is 11.5 Å². The van der Waals surface area contributed by atoms with Crippen LogP contribution < -0.4 is 21.3 Å². The minimum Gasteiger partial charge on any atom is -0.484 e. The van der Waals surface area contributed by atoms with Gasteiger partial charge >= 0.3 is 5.69 Å². The number of amides is 1. The molecule has 0 bridgehead atoms. The van der Waals surface area contributed by atoms with E-state index in [1.54, 1.807) is 41.2 Å². The number of carbonyl (C=O) groups is 1. The van der Waals surface area contributed by atoms with Crippen molar-refractivity contribution in [2.24, 2.45) is 0 Å². The summed E-state index contributed by atoms with van der Waals surface area (Å²) in [7, 11) is 0. The lowest BCUT2D eigenvalue weighted by Gasteiger charge is -2.10. The summed E-state index contributed by atoms with van der Waals surface area (Å²) >= 11 is 0. The van der Waals surface area contributed by atoms with Crippen LogP contribution in [-0.4, -0.2) is 31.6 Å². The third kappa shape index (κ3) is 4.78. The van der Waals surface area contributed by atoms with Crippen LogP contribution in [0.5, 0.6) is 5.75 Å². The molecule has 9 heteroatoms. The summed E-state index contributed by atoms with van der Waals surface area (Å²) in [4.78, 5) is 45.0. The molecule has 1 amide bonds. The number of anilines is 1. The number of nitrogens with zero attached hydrogens (tertiary/aromatic N) is 3. The zero-order valence-corrected chi connectivity index (χ0v) is 19.2. The molecule has 176 valence electrons. The normalized spacial score (nSPS) is 11.0. The molecule has 0 fully saturated rings. The number of hydrogen-bond acceptors (Lipinski definition) is 5. The third-order valence-corrected chi connectivity index (χ3v) is 5.38. The first-order chi connectivity index (χ1) is 16.5. The van der Waals surface area contributed by atoms with Crippen molar-refractivity contribution in [3.05, 3.63) is 75.7 Å². The van der Waals surface area contributed by atoms with E-state index in [0.717, 1.165) is 17.7 Å². The molecule has 4 aromatic rings. The van der Waals surface area contributed by atoms with Crippen LogP contribution in [-0.2, 0) is 17.9 Å². The molecular weight excluding hydrogens is 434 g/mol. The second kappa shape index (κ2) is 10.2. The molecule has 0 aliphatic carbocycles. The molecule has 0 saturated carbocycles. The number of aromatic nitrogens is 4. The highest BCUT2D eigenvalue weighted by molar-refractivity contribution is 5.91. The fourth-order valence-electron chi connectivity index (χ4n) is 3.82. The van der Waals surface area contributed by atoms with Crippen molar-refractivity contribution >= 4 is 22.6 Å². The number of nitrogens with one attached hydrogen (secondary N) is 2. The zero-order chi connectivity index (χ0) is 24.1. The number of rotatable bonds is 9. The zero-order valence-electron chi connectivity index (χ0n) is 19.2. The number of hydrogen-bond donors (Lipinski definition) is 2. The van der Waals surface area contributed by atoms with Gasteiger partial charge in [-0.15, -0.1) is 0 Å². The molecule has 9 nitrogen and oxygen atoms in total. The molecule has 0 atom stereocenters. The maximum absolute atomic E-state index is 12.9. The Balaban J connectivity index is 1.54. The lowest BCUT2D eigenvalue weighted by molar-refractivity contribution is -0.118. The van der Waals surface area contributed by atoms with Crippen molar-refractivity contribution in [1.82, 2.24) is 19.1 Å². The van der Waals surface area contributed by atoms with E-state index in [-0.39, 0.29) is 23.8 Å². The number of carbonyl (C=O) groups excluding carboxylic acids is 1. The summed E-state index contributed by atoms with van der Waals surface area (Å²) < 4.78 is 8.53. The quantitative estimate of drug-likeness (QED) is 0.397. The molecular formula is C25H27N5O4. The first kappa shape index (κ1) is 23.0. The number of aromatic amines is 1. The standard InChI is InChI=1S/C25H27N5O4/c1-3-12-29-21-14-20(28-23(21)24(32)30(13-4-2)25(29)33)17-7-9-19(10-8-17)34-16-22(31)27-18-6-5-11-26-15-18/h5-11,14-15,28H,3-4,12-13,16H2,1-2H3,(H,27,31). The summed E-state index contributed by atoms with van der Waals surface area (Å²) in [6.45, 7) is 4.71. The van der Waals surface area contributed by atoms with Crippen LogP contribution in [0, 0.1) is 0 Å². The van der Waals surface area contributed by atoms with Gasteiger partial charge in [0.1, 0.15) is 11.3 Å². The number of H-pyrrole nitrogens is 1. The first-order valence-electron chi connectivity index (χ1n) is 11.3. The van der Waals surface area contributed by atoms with Crippen molar-refractivity contribution in [1.29, 1.82) is 0 Å². The van der Waals surface area contributed by atoms with Crippen molar-refractivity contribution in [2.45, 2.75) is 39.8 Å². The van der Waals surface area contributed by atoms with Gasteiger partial charge in [0.05, 0.1) is 17.4 Å². The fraction of sp³-hybridized carbons (Fsp3) is 0.280. The molecule has 2 N–H and O–H groups in total. The summed E-state index contributed by atoms with van der Waals surface area (Å²) in [5.74, 6) is 0.249. The lowest BCUT2D eigenvalue weighted by atomic mass is 10.1. The van der Waals surface area contributed by atoms with E-state index < -0.39 is 0 Å². The molecule has 0 unspecified atom stereocenters. The van der Waals surface area contributed by atoms with E-state index in [1.165, 1.54) is 4.57 Å². The van der Waals surface area contributed by atoms with Gasteiger partial charge in [0.2, 0.25) is 0 Å². The Kier molecular flexibility index (Phi) is 6.91. The van der Waals surface area contributed by atoms with E-state index in [2.05, 4.69) is 15.3 Å². The molecule has 34 heavy (non-hydrogen) atoms. The van der Waals surface area contributed by atoms with E-state index in [4.69, 9.17) is 4.74 Å². The summed E-state index contributed by atoms with van der Waals surface area (Å²) in [6.07, 6.45) is 4.66. The molecule has 4 rings (SSSR count). The molecule has 0 aliphatic rings. The van der Waals surface area contributed by atoms with E-state index in [0.29, 0.717) is 42.0 Å². The molecule has 0 spiro atoms. The van der Waals surface area contributed by atoms with Gasteiger partial charge in [0.15, 0.2) is 6.61 Å². The SMILES string of the molecule is CCCn1c(=O)c2[nH]c(-c3ccc(OCC(=O)Nc4cccnc4)cc3)cc2n(CCC)c1=O. The summed E-state index contributed by atoms with van der Waals surface area (Å²) in [5, 5.41) is 2.71. The molecule has 3 aromatic heterocycles. The lowest BCUT2D eigenvalue weighted by Crippen LogP contribution is -2.39. The second-order valence-corrected chi connectivity index (χ2v) is 7.94. The number of pyridine rings is 1. The minimum atomic E-state index is -0.306. The Morgan fingerprint density at radius 3 is 2.47 bits per heavy atom. The van der Waals surface area contributed by atoms with Gasteiger partial charge in [-0.1, -0.05) is 13.8 Å². The molecule has 1 aromatic carbocycles. The highest BCUT2D eigenvalue weighted by atomic mass is 16.5. The maximum Gasteiger partial charge on any atom is 0.331 e. The van der Waals surface area contributed by atoms with Crippen LogP contribution in [0.25, 0.3) is 22.3 Å². The molecule has 0 aliphatic heterocycles. The smallest absolute Gasteiger partial charge is 0.331 e. The van der Waals surface area contributed by atoms with Gasteiger partial charge in [-0.2, -0.15) is 0 Å². The molecule has 3 heterocycles. The van der Waals surface area contributed by atoms with Gasteiger partial charge in [0, 0.05) is 25.0 Å². The Labute approximate surface area is 196 Å². The van der Waals surface area contributed by atoms with Crippen LogP contribution in [0.15, 0.2) is 64.4 Å². The van der Waals surface area contributed by atoms with Crippen molar-refractivity contribution in [2.75, 3.05) is 11.9 Å². The highest BCUT2D eigenvalue weighted by Crippen LogP contribution is 2.24. The van der Waals surface area contributed by atoms with Crippen molar-refractivity contribution in [3.63, 3.8) is 0 Å². The second-order valence-electron chi connectivity index (χ2n) is 7.94. The average Bonchev–Trinajstić information content (AvgIpc) is 3.30. The Morgan fingerprint density at radius 2 is 1.79 bits per heavy atom.